The molecule has 1 atom stereocenters. The summed E-state index contributed by atoms with van der Waals surface area (Å²) in [5.74, 6) is 0.505. The standard InChI is InChI=1S/C21H25NO6/c1-26-15-6-4-5-14(11-15)7-10-20(23)22-18(13-21(24)25)17-9-8-16(27-2)12-19(17)28-3/h4-6,8-9,11-12,18H,7,10,13H2,1-3H3,(H,22,23)(H,24,25). The summed E-state index contributed by atoms with van der Waals surface area (Å²) in [6.45, 7) is 0. The Labute approximate surface area is 164 Å². The molecule has 150 valence electrons. The molecule has 7 nitrogen and oxygen atoms in total. The molecule has 2 N–H and O–H groups in total. The number of hydrogen-bond acceptors (Lipinski definition) is 5. The Kier molecular flexibility index (Phi) is 7.68. The lowest BCUT2D eigenvalue weighted by atomic mass is 10.0. The molecule has 1 amide bonds. The highest BCUT2D eigenvalue weighted by molar-refractivity contribution is 5.78. The average molecular weight is 387 g/mol. The molecule has 2 aromatic carbocycles. The zero-order valence-electron chi connectivity index (χ0n) is 16.2. The molecule has 0 fully saturated rings. The van der Waals surface area contributed by atoms with Gasteiger partial charge < -0.3 is 24.6 Å². The largest absolute Gasteiger partial charge is 0.497 e. The van der Waals surface area contributed by atoms with Gasteiger partial charge in [-0.3, -0.25) is 9.59 Å². The molecule has 0 saturated carbocycles. The monoisotopic (exact) mass is 387 g/mol. The molecule has 28 heavy (non-hydrogen) atoms. The van der Waals surface area contributed by atoms with Gasteiger partial charge in [-0.25, -0.2) is 0 Å². The van der Waals surface area contributed by atoms with Crippen molar-refractivity contribution in [1.29, 1.82) is 0 Å². The molecular formula is C21H25NO6. The number of aryl methyl sites for hydroxylation is 1. The van der Waals surface area contributed by atoms with Crippen LogP contribution >= 0.6 is 0 Å². The van der Waals surface area contributed by atoms with Crippen LogP contribution in [0.2, 0.25) is 0 Å². The molecular weight excluding hydrogens is 362 g/mol. The third-order valence-electron chi connectivity index (χ3n) is 4.30. The smallest absolute Gasteiger partial charge is 0.305 e. The summed E-state index contributed by atoms with van der Waals surface area (Å²) in [6, 6.07) is 11.8. The summed E-state index contributed by atoms with van der Waals surface area (Å²) in [6.07, 6.45) is 0.484. The van der Waals surface area contributed by atoms with Gasteiger partial charge in [-0.2, -0.15) is 0 Å². The summed E-state index contributed by atoms with van der Waals surface area (Å²) in [4.78, 5) is 23.8. The number of rotatable bonds is 10. The van der Waals surface area contributed by atoms with E-state index in [4.69, 9.17) is 14.2 Å². The topological polar surface area (TPSA) is 94.1 Å². The van der Waals surface area contributed by atoms with Crippen molar-refractivity contribution in [2.75, 3.05) is 21.3 Å². The predicted octanol–water partition coefficient (Wildman–Crippen LogP) is 2.98. The van der Waals surface area contributed by atoms with Crippen molar-refractivity contribution in [1.82, 2.24) is 5.32 Å². The highest BCUT2D eigenvalue weighted by atomic mass is 16.5. The molecule has 2 aromatic rings. The van der Waals surface area contributed by atoms with Gasteiger partial charge in [-0.1, -0.05) is 12.1 Å². The van der Waals surface area contributed by atoms with Crippen LogP contribution in [0.15, 0.2) is 42.5 Å². The first-order valence-corrected chi connectivity index (χ1v) is 8.82. The van der Waals surface area contributed by atoms with Crippen molar-refractivity contribution in [2.24, 2.45) is 0 Å². The van der Waals surface area contributed by atoms with Gasteiger partial charge in [-0.05, 0) is 36.2 Å². The second-order valence-corrected chi connectivity index (χ2v) is 6.18. The van der Waals surface area contributed by atoms with Crippen molar-refractivity contribution < 1.29 is 28.9 Å². The van der Waals surface area contributed by atoms with Crippen LogP contribution in [0.5, 0.6) is 17.2 Å². The number of carbonyl (C=O) groups is 2. The van der Waals surface area contributed by atoms with E-state index in [2.05, 4.69) is 5.32 Å². The Morgan fingerprint density at radius 1 is 1.00 bits per heavy atom. The quantitative estimate of drug-likeness (QED) is 0.651. The molecule has 0 aromatic heterocycles. The van der Waals surface area contributed by atoms with Crippen LogP contribution in [-0.4, -0.2) is 38.3 Å². The SMILES string of the molecule is COc1cccc(CCC(=O)NC(CC(=O)O)c2ccc(OC)cc2OC)c1. The number of methoxy groups -OCH3 is 3. The maximum atomic E-state index is 12.5. The van der Waals surface area contributed by atoms with Gasteiger partial charge in [0.1, 0.15) is 17.2 Å². The number of aliphatic carboxylic acids is 1. The van der Waals surface area contributed by atoms with Crippen molar-refractivity contribution in [3.63, 3.8) is 0 Å². The number of ether oxygens (including phenoxy) is 3. The fraction of sp³-hybridized carbons (Fsp3) is 0.333. The minimum absolute atomic E-state index is 0.224. The highest BCUT2D eigenvalue weighted by Gasteiger charge is 2.22. The Hall–Kier alpha value is -3.22. The Morgan fingerprint density at radius 2 is 1.71 bits per heavy atom. The molecule has 0 saturated heterocycles. The van der Waals surface area contributed by atoms with Crippen LogP contribution in [0, 0.1) is 0 Å². The summed E-state index contributed by atoms with van der Waals surface area (Å²) in [5, 5.41) is 12.1. The van der Waals surface area contributed by atoms with Crippen molar-refractivity contribution >= 4 is 11.9 Å². The van der Waals surface area contributed by atoms with E-state index < -0.39 is 12.0 Å². The van der Waals surface area contributed by atoms with Crippen molar-refractivity contribution in [2.45, 2.75) is 25.3 Å². The van der Waals surface area contributed by atoms with Gasteiger partial charge in [0.15, 0.2) is 0 Å². The first-order chi connectivity index (χ1) is 13.5. The van der Waals surface area contributed by atoms with Gasteiger partial charge in [0.25, 0.3) is 0 Å². The predicted molar refractivity (Wildman–Crippen MR) is 104 cm³/mol. The zero-order valence-corrected chi connectivity index (χ0v) is 16.2. The van der Waals surface area contributed by atoms with E-state index in [1.807, 2.05) is 24.3 Å². The van der Waals surface area contributed by atoms with Gasteiger partial charge in [0, 0.05) is 18.1 Å². The van der Waals surface area contributed by atoms with E-state index in [0.717, 1.165) is 11.3 Å². The van der Waals surface area contributed by atoms with Crippen LogP contribution in [0.1, 0.15) is 30.0 Å². The maximum Gasteiger partial charge on any atom is 0.305 e. The molecule has 0 aliphatic carbocycles. The van der Waals surface area contributed by atoms with Crippen molar-refractivity contribution in [3.8, 4) is 17.2 Å². The van der Waals surface area contributed by atoms with Gasteiger partial charge in [0.05, 0.1) is 33.8 Å². The molecule has 0 aliphatic heterocycles. The molecule has 0 spiro atoms. The summed E-state index contributed by atoms with van der Waals surface area (Å²) >= 11 is 0. The van der Waals surface area contributed by atoms with E-state index in [1.54, 1.807) is 25.3 Å². The fourth-order valence-corrected chi connectivity index (χ4v) is 2.87. The summed E-state index contributed by atoms with van der Waals surface area (Å²) in [7, 11) is 4.61. The van der Waals surface area contributed by atoms with E-state index in [0.29, 0.717) is 23.5 Å². The van der Waals surface area contributed by atoms with Gasteiger partial charge >= 0.3 is 5.97 Å². The Balaban J connectivity index is 2.11. The lowest BCUT2D eigenvalue weighted by Crippen LogP contribution is -2.30. The first kappa shape index (κ1) is 21.1. The molecule has 1 unspecified atom stereocenters. The second-order valence-electron chi connectivity index (χ2n) is 6.18. The second kappa shape index (κ2) is 10.2. The van der Waals surface area contributed by atoms with Crippen LogP contribution in [-0.2, 0) is 16.0 Å². The first-order valence-electron chi connectivity index (χ1n) is 8.82. The van der Waals surface area contributed by atoms with Crippen LogP contribution in [0.25, 0.3) is 0 Å². The summed E-state index contributed by atoms with van der Waals surface area (Å²) in [5.41, 5.74) is 1.55. The Morgan fingerprint density at radius 3 is 2.36 bits per heavy atom. The number of benzene rings is 2. The lowest BCUT2D eigenvalue weighted by molar-refractivity contribution is -0.137. The van der Waals surface area contributed by atoms with Crippen LogP contribution in [0.3, 0.4) is 0 Å². The van der Waals surface area contributed by atoms with E-state index in [9.17, 15) is 14.7 Å². The molecule has 2 rings (SSSR count). The number of hydrogen-bond donors (Lipinski definition) is 2. The van der Waals surface area contributed by atoms with Gasteiger partial charge in [-0.15, -0.1) is 0 Å². The highest BCUT2D eigenvalue weighted by Crippen LogP contribution is 2.31. The number of amides is 1. The normalized spacial score (nSPS) is 11.4. The zero-order chi connectivity index (χ0) is 20.5. The molecule has 7 heteroatoms. The number of carboxylic acids is 1. The van der Waals surface area contributed by atoms with Gasteiger partial charge in [0.2, 0.25) is 5.91 Å². The van der Waals surface area contributed by atoms with E-state index in [1.165, 1.54) is 14.2 Å². The molecule has 0 aliphatic rings. The third-order valence-corrected chi connectivity index (χ3v) is 4.30. The third kappa shape index (κ3) is 5.90. The van der Waals surface area contributed by atoms with E-state index in [-0.39, 0.29) is 18.7 Å². The van der Waals surface area contributed by atoms with Crippen LogP contribution in [0.4, 0.5) is 0 Å². The minimum Gasteiger partial charge on any atom is -0.497 e. The molecule has 0 heterocycles. The minimum atomic E-state index is -1.02. The molecule has 0 bridgehead atoms. The number of carboxylic acid groups (broad SMARTS) is 1. The number of carbonyl (C=O) groups excluding carboxylic acids is 1. The fourth-order valence-electron chi connectivity index (χ4n) is 2.87. The average Bonchev–Trinajstić information content (AvgIpc) is 2.71. The van der Waals surface area contributed by atoms with Crippen molar-refractivity contribution in [3.05, 3.63) is 53.6 Å². The molecule has 0 radical (unpaired) electrons. The summed E-state index contributed by atoms with van der Waals surface area (Å²) < 4.78 is 15.7. The maximum absolute atomic E-state index is 12.5. The van der Waals surface area contributed by atoms with Crippen LogP contribution < -0.4 is 19.5 Å². The number of nitrogens with one attached hydrogen (secondary N) is 1. The Bertz CT molecular complexity index is 820. The van der Waals surface area contributed by atoms with E-state index >= 15 is 0 Å². The lowest BCUT2D eigenvalue weighted by Gasteiger charge is -2.20.